The highest BCUT2D eigenvalue weighted by molar-refractivity contribution is 7.47. The zero-order valence-electron chi connectivity index (χ0n) is 57.7. The second-order valence-corrected chi connectivity index (χ2v) is 27.4. The van der Waals surface area contributed by atoms with Crippen LogP contribution in [0.1, 0.15) is 328 Å². The number of unbranched alkanes of at least 4 members (excludes halogenated alkanes) is 38. The van der Waals surface area contributed by atoms with Crippen molar-refractivity contribution < 1.29 is 32.9 Å². The number of likely N-dealkylation sites (N-methyl/N-ethyl adjacent to an activating group) is 1. The molecular formula is C78H142N2O6P+. The Morgan fingerprint density at radius 3 is 1.06 bits per heavy atom. The van der Waals surface area contributed by atoms with Crippen molar-refractivity contribution in [2.45, 2.75) is 341 Å². The van der Waals surface area contributed by atoms with Crippen LogP contribution in [-0.2, 0) is 18.4 Å². The van der Waals surface area contributed by atoms with Crippen LogP contribution in [0.4, 0.5) is 0 Å². The van der Waals surface area contributed by atoms with E-state index < -0.39 is 20.0 Å². The van der Waals surface area contributed by atoms with Crippen LogP contribution in [0.2, 0.25) is 0 Å². The molecule has 0 bridgehead atoms. The number of nitrogens with one attached hydrogen (secondary N) is 1. The van der Waals surface area contributed by atoms with Gasteiger partial charge in [0.05, 0.1) is 39.9 Å². The summed E-state index contributed by atoms with van der Waals surface area (Å²) in [6.45, 7) is 4.70. The minimum absolute atomic E-state index is 0.0509. The van der Waals surface area contributed by atoms with Crippen LogP contribution >= 0.6 is 7.82 Å². The van der Waals surface area contributed by atoms with Crippen LogP contribution in [0.5, 0.6) is 0 Å². The minimum atomic E-state index is -4.37. The number of phosphoric ester groups is 1. The smallest absolute Gasteiger partial charge is 0.387 e. The van der Waals surface area contributed by atoms with E-state index in [0.717, 1.165) is 83.5 Å². The highest BCUT2D eigenvalue weighted by atomic mass is 31.2. The average molecular weight is 1230 g/mol. The maximum atomic E-state index is 13.1. The van der Waals surface area contributed by atoms with Crippen molar-refractivity contribution >= 4 is 13.7 Å². The van der Waals surface area contributed by atoms with Crippen molar-refractivity contribution in [2.24, 2.45) is 0 Å². The summed E-state index contributed by atoms with van der Waals surface area (Å²) in [5.74, 6) is -0.189. The number of amides is 1. The summed E-state index contributed by atoms with van der Waals surface area (Å²) in [7, 11) is 1.55. The number of aliphatic hydroxyl groups excluding tert-OH is 1. The van der Waals surface area contributed by atoms with E-state index in [9.17, 15) is 19.4 Å². The Hall–Kier alpha value is -2.84. The minimum Gasteiger partial charge on any atom is -0.387 e. The molecule has 0 heterocycles. The van der Waals surface area contributed by atoms with E-state index in [1.165, 1.54) is 225 Å². The summed E-state index contributed by atoms with van der Waals surface area (Å²) in [5.41, 5.74) is 0. The fourth-order valence-electron chi connectivity index (χ4n) is 10.6. The Labute approximate surface area is 540 Å². The van der Waals surface area contributed by atoms with Crippen LogP contribution < -0.4 is 5.32 Å². The molecule has 0 aromatic carbocycles. The fraction of sp³-hybridized carbons (Fsp3) is 0.756. The van der Waals surface area contributed by atoms with E-state index in [0.29, 0.717) is 17.4 Å². The molecule has 0 fully saturated rings. The van der Waals surface area contributed by atoms with Crippen molar-refractivity contribution in [3.8, 4) is 0 Å². The molecule has 0 saturated heterocycles. The maximum absolute atomic E-state index is 13.1. The van der Waals surface area contributed by atoms with Gasteiger partial charge in [0.25, 0.3) is 0 Å². The van der Waals surface area contributed by atoms with Gasteiger partial charge in [-0.15, -0.1) is 0 Å². The Kier molecular flexibility index (Phi) is 65.3. The lowest BCUT2D eigenvalue weighted by atomic mass is 10.0. The zero-order chi connectivity index (χ0) is 63.4. The largest absolute Gasteiger partial charge is 0.472 e. The second kappa shape index (κ2) is 67.6. The molecule has 0 aromatic rings. The third kappa shape index (κ3) is 70.5. The lowest BCUT2D eigenvalue weighted by Gasteiger charge is -2.25. The van der Waals surface area contributed by atoms with E-state index in [1.807, 2.05) is 27.2 Å². The van der Waals surface area contributed by atoms with E-state index in [1.54, 1.807) is 6.08 Å². The Balaban J connectivity index is 4.08. The van der Waals surface area contributed by atoms with Gasteiger partial charge in [0.2, 0.25) is 5.91 Å². The quantitative estimate of drug-likeness (QED) is 0.0243. The Bertz CT molecular complexity index is 1790. The summed E-state index contributed by atoms with van der Waals surface area (Å²) in [5, 5.41) is 14.0. The summed E-state index contributed by atoms with van der Waals surface area (Å²) < 4.78 is 23.8. The lowest BCUT2D eigenvalue weighted by Crippen LogP contribution is -2.45. The number of allylic oxidation sites excluding steroid dienone is 17. The van der Waals surface area contributed by atoms with Crippen LogP contribution in [0.3, 0.4) is 0 Å². The molecule has 3 atom stereocenters. The van der Waals surface area contributed by atoms with Crippen molar-refractivity contribution in [3.63, 3.8) is 0 Å². The first-order valence-electron chi connectivity index (χ1n) is 36.8. The van der Waals surface area contributed by atoms with Gasteiger partial charge < -0.3 is 19.8 Å². The topological polar surface area (TPSA) is 105 Å². The third-order valence-corrected chi connectivity index (χ3v) is 17.2. The van der Waals surface area contributed by atoms with Gasteiger partial charge in [-0.05, 0) is 96.3 Å². The zero-order valence-corrected chi connectivity index (χ0v) is 58.6. The van der Waals surface area contributed by atoms with Crippen LogP contribution in [0, 0.1) is 0 Å². The molecule has 0 spiro atoms. The maximum Gasteiger partial charge on any atom is 0.472 e. The predicted octanol–water partition coefficient (Wildman–Crippen LogP) is 23.8. The number of rotatable bonds is 67. The van der Waals surface area contributed by atoms with Crippen molar-refractivity contribution in [3.05, 3.63) is 109 Å². The van der Waals surface area contributed by atoms with Gasteiger partial charge in [0.1, 0.15) is 13.2 Å². The van der Waals surface area contributed by atoms with E-state index in [2.05, 4.69) is 116 Å². The number of carbonyl (C=O) groups excluding carboxylic acids is 1. The van der Waals surface area contributed by atoms with Crippen LogP contribution in [-0.4, -0.2) is 73.4 Å². The summed E-state index contributed by atoms with van der Waals surface area (Å²) in [4.78, 5) is 23.4. The normalized spacial score (nSPS) is 14.2. The number of quaternary nitrogens is 1. The number of carbonyl (C=O) groups is 1. The van der Waals surface area contributed by atoms with Crippen LogP contribution in [0.25, 0.3) is 0 Å². The monoisotopic (exact) mass is 1230 g/mol. The van der Waals surface area contributed by atoms with E-state index in [4.69, 9.17) is 9.05 Å². The number of hydrogen-bond acceptors (Lipinski definition) is 5. The van der Waals surface area contributed by atoms with Gasteiger partial charge in [-0.3, -0.25) is 13.8 Å². The van der Waals surface area contributed by atoms with Crippen molar-refractivity contribution in [2.75, 3.05) is 40.9 Å². The third-order valence-electron chi connectivity index (χ3n) is 16.2. The molecule has 0 aromatic heterocycles. The molecule has 0 rings (SSSR count). The molecule has 8 nitrogen and oxygen atoms in total. The summed E-state index contributed by atoms with van der Waals surface area (Å²) in [6, 6.07) is -0.876. The number of nitrogens with zero attached hydrogens (tertiary/aromatic N) is 1. The lowest BCUT2D eigenvalue weighted by molar-refractivity contribution is -0.870. The molecule has 504 valence electrons. The van der Waals surface area contributed by atoms with E-state index in [-0.39, 0.29) is 19.1 Å². The molecule has 9 heteroatoms. The Morgan fingerprint density at radius 1 is 0.402 bits per heavy atom. The van der Waals surface area contributed by atoms with Gasteiger partial charge in [0, 0.05) is 6.42 Å². The molecule has 0 saturated carbocycles. The molecule has 3 N–H and O–H groups in total. The summed E-state index contributed by atoms with van der Waals surface area (Å²) >= 11 is 0. The molecule has 0 aliphatic carbocycles. The average Bonchev–Trinajstić information content (AvgIpc) is 3.70. The molecule has 87 heavy (non-hydrogen) atoms. The van der Waals surface area contributed by atoms with Gasteiger partial charge in [0.15, 0.2) is 0 Å². The van der Waals surface area contributed by atoms with Crippen LogP contribution in [0.15, 0.2) is 109 Å². The predicted molar refractivity (Wildman–Crippen MR) is 382 cm³/mol. The first-order valence-corrected chi connectivity index (χ1v) is 38.3. The summed E-state index contributed by atoms with van der Waals surface area (Å²) in [6.07, 6.45) is 99.7. The van der Waals surface area contributed by atoms with Gasteiger partial charge in [-0.25, -0.2) is 4.57 Å². The standard InChI is InChI=1S/C78H141N2O6P/c1-6-8-10-12-14-16-18-20-22-24-26-28-30-32-34-36-37-38-39-40-41-42-43-44-46-48-50-52-54-56-58-60-62-64-66-68-70-72-78(82)79-76(75-86-87(83,84)85-74-73-80(3,4)5)77(81)71-69-67-65-63-61-59-57-55-53-51-49-47-45-35-33-31-29-27-25-23-21-19-17-15-13-11-9-7-2/h8,10,14,16,20,22,26,28,32,34,37-38,53,55,61,63,69,71,76-77,81H,6-7,9,11-13,15,17-19,21,23-25,27,29-31,33,35-36,39-52,54,56-60,62,64-68,70,72-75H2,1-5H3,(H-,79,82,83,84)/p+1/b10-8-,16-14-,22-20-,28-26-,34-32-,38-37-,55-53+,63-61+,71-69+. The molecule has 3 unspecified atom stereocenters. The first kappa shape index (κ1) is 84.2. The number of hydrogen-bond donors (Lipinski definition) is 3. The Morgan fingerprint density at radius 2 is 0.701 bits per heavy atom. The van der Waals surface area contributed by atoms with Crippen molar-refractivity contribution in [1.82, 2.24) is 5.32 Å². The second-order valence-electron chi connectivity index (χ2n) is 25.9. The molecule has 0 aliphatic heterocycles. The highest BCUT2D eigenvalue weighted by Crippen LogP contribution is 2.43. The molecule has 1 amide bonds. The fourth-order valence-corrected chi connectivity index (χ4v) is 11.3. The SMILES string of the molecule is CC/C=C\C/C=C\C/C=C\C/C=C\C/C=C\C/C=C\CCCCCCCCCCCCCCCCCCCCC(=O)NC(COP(=O)(O)OCC[N+](C)(C)C)C(O)/C=C/CC/C=C/CC/C=C/CCCCCCCCCCCCCCCCCCCC. The number of aliphatic hydroxyl groups is 1. The molecular weight excluding hydrogens is 1090 g/mol. The van der Waals surface area contributed by atoms with E-state index >= 15 is 0 Å². The molecule has 0 aliphatic rings. The van der Waals surface area contributed by atoms with Gasteiger partial charge in [-0.1, -0.05) is 335 Å². The molecule has 0 radical (unpaired) electrons. The number of phosphoric acid groups is 1. The van der Waals surface area contributed by atoms with Gasteiger partial charge in [-0.2, -0.15) is 0 Å². The first-order chi connectivity index (χ1) is 42.5. The van der Waals surface area contributed by atoms with Gasteiger partial charge >= 0.3 is 7.82 Å². The highest BCUT2D eigenvalue weighted by Gasteiger charge is 2.28. The van der Waals surface area contributed by atoms with Crippen molar-refractivity contribution in [1.29, 1.82) is 0 Å².